The minimum absolute atomic E-state index is 0.0417. The van der Waals surface area contributed by atoms with Crippen LogP contribution in [0.1, 0.15) is 38.8 Å². The molecule has 3 aromatic carbocycles. The molecule has 2 amide bonds. The van der Waals surface area contributed by atoms with Gasteiger partial charge in [-0.05, 0) is 57.9 Å². The number of rotatable bonds is 6. The van der Waals surface area contributed by atoms with E-state index in [-0.39, 0.29) is 28.3 Å². The Morgan fingerprint density at radius 2 is 1.52 bits per heavy atom. The Bertz CT molecular complexity index is 1200. The molecule has 3 aromatic rings. The lowest BCUT2D eigenvalue weighted by Crippen LogP contribution is -2.15. The molecule has 0 aromatic heterocycles. The summed E-state index contributed by atoms with van der Waals surface area (Å²) in [4.78, 5) is 17.6. The van der Waals surface area contributed by atoms with Gasteiger partial charge in [0.25, 0.3) is 0 Å². The number of nitrogens with two attached hydrogens (primary N) is 1. The molecule has 7 nitrogen and oxygen atoms in total. The first-order valence-corrected chi connectivity index (χ1v) is 12.6. The summed E-state index contributed by atoms with van der Waals surface area (Å²) in [6, 6.07) is 13.5. The number of para-hydroxylation sites is 1. The second-order valence-corrected chi connectivity index (χ2v) is 9.30. The normalized spacial score (nSPS) is 9.88. The highest BCUT2D eigenvalue weighted by Gasteiger charge is 2.24. The minimum atomic E-state index is -0.670. The number of benzene rings is 3. The Kier molecular flexibility index (Phi) is 16.9. The maximum Gasteiger partial charge on any atom is 0.206 e. The fourth-order valence-electron chi connectivity index (χ4n) is 3.08. The van der Waals surface area contributed by atoms with Crippen LogP contribution >= 0.6 is 11.6 Å². The Balaban J connectivity index is 0.000000981. The van der Waals surface area contributed by atoms with Gasteiger partial charge < -0.3 is 25.3 Å². The number of methoxy groups -OCH3 is 2. The molecular weight excluding hydrogens is 542 g/mol. The van der Waals surface area contributed by atoms with Crippen LogP contribution in [0.3, 0.4) is 0 Å². The van der Waals surface area contributed by atoms with Crippen molar-refractivity contribution in [2.45, 2.75) is 46.6 Å². The number of aryl methyl sites for hydroxylation is 1. The number of hydrogen-bond donors (Lipinski definition) is 2. The van der Waals surface area contributed by atoms with Gasteiger partial charge in [-0.2, -0.15) is 0 Å². The second-order valence-electron chi connectivity index (χ2n) is 8.93. The van der Waals surface area contributed by atoms with E-state index in [0.717, 1.165) is 0 Å². The van der Waals surface area contributed by atoms with Crippen LogP contribution in [0.5, 0.6) is 17.2 Å². The van der Waals surface area contributed by atoms with Crippen molar-refractivity contribution in [2.75, 3.05) is 21.3 Å². The molecule has 220 valence electrons. The zero-order valence-corrected chi connectivity index (χ0v) is 25.0. The molecule has 3 N–H and O–H groups in total. The summed E-state index contributed by atoms with van der Waals surface area (Å²) in [6.45, 7) is 9.70. The fourth-order valence-corrected chi connectivity index (χ4v) is 3.34. The van der Waals surface area contributed by atoms with Gasteiger partial charge >= 0.3 is 0 Å². The van der Waals surface area contributed by atoms with Crippen molar-refractivity contribution in [2.24, 2.45) is 5.73 Å². The Hall–Kier alpha value is -3.69. The van der Waals surface area contributed by atoms with E-state index < -0.39 is 11.6 Å². The van der Waals surface area contributed by atoms with Crippen molar-refractivity contribution < 1.29 is 32.6 Å². The average molecular weight is 581 g/mol. The number of hydrogen-bond acceptors (Lipinski definition) is 5. The number of carbonyl (C=O) groups excluding carboxylic acids is 2. The summed E-state index contributed by atoms with van der Waals surface area (Å²) in [6.07, 6.45) is 1.35. The maximum atomic E-state index is 15.1. The quantitative estimate of drug-likeness (QED) is 0.311. The third kappa shape index (κ3) is 11.6. The van der Waals surface area contributed by atoms with Crippen LogP contribution < -0.4 is 20.5 Å². The van der Waals surface area contributed by atoms with Gasteiger partial charge in [-0.25, -0.2) is 8.78 Å². The van der Waals surface area contributed by atoms with Crippen LogP contribution in [-0.4, -0.2) is 39.7 Å². The molecule has 3 rings (SSSR count). The second kappa shape index (κ2) is 18.6. The molecule has 0 aliphatic heterocycles. The van der Waals surface area contributed by atoms with E-state index in [0.29, 0.717) is 41.0 Å². The molecule has 40 heavy (non-hydrogen) atoms. The third-order valence-corrected chi connectivity index (χ3v) is 5.50. The predicted octanol–water partition coefficient (Wildman–Crippen LogP) is 6.85. The number of primary amides is 1. The topological polar surface area (TPSA) is 99.9 Å². The van der Waals surface area contributed by atoms with Crippen LogP contribution in [0.15, 0.2) is 48.5 Å². The maximum absolute atomic E-state index is 15.1. The molecule has 10 heteroatoms. The van der Waals surface area contributed by atoms with Crippen LogP contribution in [0, 0.1) is 18.6 Å². The highest BCUT2D eigenvalue weighted by molar-refractivity contribution is 6.33. The molecule has 0 saturated carbocycles. The highest BCUT2D eigenvalue weighted by atomic mass is 35.5. The van der Waals surface area contributed by atoms with Crippen LogP contribution in [0.4, 0.5) is 8.78 Å². The van der Waals surface area contributed by atoms with Crippen LogP contribution in [-0.2, 0) is 20.7 Å². The molecule has 0 saturated heterocycles. The number of nitrogens with one attached hydrogen (secondary N) is 1. The van der Waals surface area contributed by atoms with Gasteiger partial charge in [-0.3, -0.25) is 9.59 Å². The number of halogens is 3. The molecule has 0 atom stereocenters. The smallest absolute Gasteiger partial charge is 0.206 e. The van der Waals surface area contributed by atoms with Crippen LogP contribution in [0.25, 0.3) is 11.1 Å². The molecule has 0 unspecified atom stereocenters. The van der Waals surface area contributed by atoms with Gasteiger partial charge in [0.05, 0.1) is 17.7 Å². The zero-order valence-electron chi connectivity index (χ0n) is 24.2. The monoisotopic (exact) mass is 580 g/mol. The van der Waals surface area contributed by atoms with E-state index in [1.165, 1.54) is 19.2 Å². The molecule has 0 spiro atoms. The summed E-state index contributed by atoms with van der Waals surface area (Å²) in [5.74, 6) is -0.310. The highest BCUT2D eigenvalue weighted by Crippen LogP contribution is 2.44. The van der Waals surface area contributed by atoms with Gasteiger partial charge in [-0.1, -0.05) is 42.8 Å². The predicted molar refractivity (Wildman–Crippen MR) is 156 cm³/mol. The Labute approximate surface area is 240 Å². The summed E-state index contributed by atoms with van der Waals surface area (Å²) in [5, 5.41) is 2.11. The summed E-state index contributed by atoms with van der Waals surface area (Å²) in [5.41, 5.74) is 5.97. The first-order chi connectivity index (χ1) is 18.9. The molecule has 0 fully saturated rings. The van der Waals surface area contributed by atoms with E-state index in [4.69, 9.17) is 35.4 Å². The van der Waals surface area contributed by atoms with Crippen LogP contribution in [0.2, 0.25) is 5.02 Å². The standard InChI is InChI=1S/C22H19ClF2O2.C5H12O.C2H5NO.CH3NO/c1-4-15-18(27-14-8-6-5-7-9-14)12-16(24)21(23)20(15)19-13(2)10-11-17(26-3)22(19)25;1-5(2,3)6-4;1-3-2-4;2-1-3/h5-12H,4H2,1-3H3;1-4H3;2H,1H3,(H,3,4);1H,(H2,2,3). The van der Waals surface area contributed by atoms with Crippen molar-refractivity contribution in [3.05, 3.63) is 76.3 Å². The molecular formula is C30H39ClF2N2O5. The molecule has 0 aliphatic carbocycles. The first-order valence-electron chi connectivity index (χ1n) is 12.3. The Morgan fingerprint density at radius 1 is 1.00 bits per heavy atom. The van der Waals surface area contributed by atoms with Crippen molar-refractivity contribution in [1.82, 2.24) is 5.32 Å². The number of amides is 2. The largest absolute Gasteiger partial charge is 0.494 e. The average Bonchev–Trinajstić information content (AvgIpc) is 2.92. The number of carbonyl (C=O) groups is 2. The van der Waals surface area contributed by atoms with E-state index in [9.17, 15) is 4.39 Å². The van der Waals surface area contributed by atoms with Crippen molar-refractivity contribution in [3.63, 3.8) is 0 Å². The lowest BCUT2D eigenvalue weighted by atomic mass is 9.93. The third-order valence-electron chi connectivity index (χ3n) is 5.13. The zero-order chi connectivity index (χ0) is 30.9. The minimum Gasteiger partial charge on any atom is -0.494 e. The van der Waals surface area contributed by atoms with Crippen molar-refractivity contribution in [1.29, 1.82) is 0 Å². The van der Waals surface area contributed by atoms with Gasteiger partial charge in [-0.15, -0.1) is 0 Å². The van der Waals surface area contributed by atoms with E-state index >= 15 is 4.39 Å². The van der Waals surface area contributed by atoms with Gasteiger partial charge in [0.15, 0.2) is 11.6 Å². The Morgan fingerprint density at radius 3 is 1.95 bits per heavy atom. The van der Waals surface area contributed by atoms with E-state index in [1.54, 1.807) is 39.3 Å². The molecule has 0 heterocycles. The van der Waals surface area contributed by atoms with Crippen molar-refractivity contribution in [3.8, 4) is 28.4 Å². The molecule has 0 bridgehead atoms. The van der Waals surface area contributed by atoms with Gasteiger partial charge in [0.1, 0.15) is 17.3 Å². The van der Waals surface area contributed by atoms with E-state index in [2.05, 4.69) is 11.1 Å². The lowest BCUT2D eigenvalue weighted by Gasteiger charge is -2.19. The number of ether oxygens (including phenoxy) is 3. The fraction of sp³-hybridized carbons (Fsp3) is 0.333. The van der Waals surface area contributed by atoms with E-state index in [1.807, 2.05) is 45.9 Å². The van der Waals surface area contributed by atoms with Gasteiger partial charge in [0.2, 0.25) is 12.8 Å². The lowest BCUT2D eigenvalue weighted by molar-refractivity contribution is -0.109. The molecule has 0 radical (unpaired) electrons. The first kappa shape index (κ1) is 36.3. The van der Waals surface area contributed by atoms with Gasteiger partial charge in [0, 0.05) is 36.9 Å². The summed E-state index contributed by atoms with van der Waals surface area (Å²) >= 11 is 6.29. The van der Waals surface area contributed by atoms with Crippen molar-refractivity contribution >= 4 is 24.4 Å². The SMILES string of the molecule is CCc1c(Oc2ccccc2)cc(F)c(Cl)c1-c1c(C)ccc(OC)c1F.CNC=O.COC(C)(C)C.NC=O. The summed E-state index contributed by atoms with van der Waals surface area (Å²) in [7, 11) is 4.66. The molecule has 0 aliphatic rings. The summed E-state index contributed by atoms with van der Waals surface area (Å²) < 4.78 is 45.6.